The average molecular weight is 340 g/mol. The first-order chi connectivity index (χ1) is 10.4. The van der Waals surface area contributed by atoms with E-state index in [1.807, 2.05) is 13.8 Å². The van der Waals surface area contributed by atoms with Gasteiger partial charge in [0.1, 0.15) is 10.8 Å². The molecule has 2 heterocycles. The van der Waals surface area contributed by atoms with E-state index in [4.69, 9.17) is 0 Å². The Kier molecular flexibility index (Phi) is 5.90. The highest BCUT2D eigenvalue weighted by Crippen LogP contribution is 2.20. The molecule has 0 aliphatic carbocycles. The van der Waals surface area contributed by atoms with Gasteiger partial charge >= 0.3 is 0 Å². The minimum atomic E-state index is -0.131. The van der Waals surface area contributed by atoms with E-state index in [0.29, 0.717) is 16.2 Å². The molecule has 2 N–H and O–H groups in total. The number of thioether (sulfide) groups is 1. The first kappa shape index (κ1) is 16.9. The molecule has 0 saturated carbocycles. The monoisotopic (exact) mass is 340 g/mol. The Hall–Kier alpha value is -1.48. The fourth-order valence-corrected chi connectivity index (χ4v) is 3.18. The SMILES string of the molecule is CC(C)Cc1nnc(NC(=O)CSc2n[nH]c(C(C)C)n2)s1. The fourth-order valence-electron chi connectivity index (χ4n) is 1.60. The summed E-state index contributed by atoms with van der Waals surface area (Å²) < 4.78 is 0. The van der Waals surface area contributed by atoms with Gasteiger partial charge in [0, 0.05) is 12.3 Å². The maximum absolute atomic E-state index is 11.9. The highest BCUT2D eigenvalue weighted by Gasteiger charge is 2.12. The summed E-state index contributed by atoms with van der Waals surface area (Å²) >= 11 is 2.71. The molecular formula is C13H20N6OS2. The second-order valence-electron chi connectivity index (χ2n) is 5.59. The summed E-state index contributed by atoms with van der Waals surface area (Å²) in [5.74, 6) is 1.75. The van der Waals surface area contributed by atoms with Crippen LogP contribution in [0.3, 0.4) is 0 Å². The summed E-state index contributed by atoms with van der Waals surface area (Å²) in [4.78, 5) is 16.2. The second-order valence-corrected chi connectivity index (χ2v) is 7.60. The van der Waals surface area contributed by atoms with Gasteiger partial charge in [-0.25, -0.2) is 4.98 Å². The zero-order chi connectivity index (χ0) is 16.1. The van der Waals surface area contributed by atoms with Crippen molar-refractivity contribution >= 4 is 34.1 Å². The molecule has 0 aromatic carbocycles. The largest absolute Gasteiger partial charge is 0.300 e. The maximum Gasteiger partial charge on any atom is 0.236 e. The van der Waals surface area contributed by atoms with E-state index in [1.54, 1.807) is 0 Å². The lowest BCUT2D eigenvalue weighted by Crippen LogP contribution is -2.13. The third-order valence-electron chi connectivity index (χ3n) is 2.66. The van der Waals surface area contributed by atoms with Gasteiger partial charge in [0.15, 0.2) is 0 Å². The van der Waals surface area contributed by atoms with Crippen molar-refractivity contribution in [1.29, 1.82) is 0 Å². The van der Waals surface area contributed by atoms with Crippen molar-refractivity contribution in [3.05, 3.63) is 10.8 Å². The van der Waals surface area contributed by atoms with Crippen LogP contribution in [0.15, 0.2) is 5.16 Å². The predicted octanol–water partition coefficient (Wildman–Crippen LogP) is 2.71. The van der Waals surface area contributed by atoms with Crippen LogP contribution in [0.4, 0.5) is 5.13 Å². The molecule has 1 amide bonds. The molecule has 0 saturated heterocycles. The lowest BCUT2D eigenvalue weighted by molar-refractivity contribution is -0.113. The molecule has 0 bridgehead atoms. The van der Waals surface area contributed by atoms with Crippen LogP contribution in [-0.4, -0.2) is 37.0 Å². The first-order valence-corrected chi connectivity index (χ1v) is 8.91. The second kappa shape index (κ2) is 7.68. The van der Waals surface area contributed by atoms with Gasteiger partial charge in [-0.3, -0.25) is 15.2 Å². The van der Waals surface area contributed by atoms with E-state index in [2.05, 4.69) is 44.5 Å². The highest BCUT2D eigenvalue weighted by molar-refractivity contribution is 7.99. The molecule has 9 heteroatoms. The van der Waals surface area contributed by atoms with Gasteiger partial charge in [-0.2, -0.15) is 0 Å². The highest BCUT2D eigenvalue weighted by atomic mass is 32.2. The quantitative estimate of drug-likeness (QED) is 0.752. The molecular weight excluding hydrogens is 320 g/mol. The van der Waals surface area contributed by atoms with E-state index in [9.17, 15) is 4.79 Å². The lowest BCUT2D eigenvalue weighted by atomic mass is 10.1. The number of rotatable bonds is 7. The summed E-state index contributed by atoms with van der Waals surface area (Å²) in [7, 11) is 0. The Morgan fingerprint density at radius 1 is 1.32 bits per heavy atom. The van der Waals surface area contributed by atoms with Crippen LogP contribution in [0, 0.1) is 5.92 Å². The number of hydrogen-bond acceptors (Lipinski definition) is 7. The Balaban J connectivity index is 1.81. The van der Waals surface area contributed by atoms with E-state index in [-0.39, 0.29) is 17.6 Å². The van der Waals surface area contributed by atoms with Crippen LogP contribution in [0.25, 0.3) is 0 Å². The van der Waals surface area contributed by atoms with Crippen molar-refractivity contribution in [3.63, 3.8) is 0 Å². The van der Waals surface area contributed by atoms with E-state index >= 15 is 0 Å². The standard InChI is InChI=1S/C13H20N6OS2/c1-7(2)5-10-16-19-13(22-10)14-9(20)6-21-12-15-11(8(3)4)17-18-12/h7-8H,5-6H2,1-4H3,(H,14,19,20)(H,15,17,18). The molecule has 7 nitrogen and oxygen atoms in total. The summed E-state index contributed by atoms with van der Waals surface area (Å²) in [6, 6.07) is 0. The molecule has 0 aliphatic rings. The number of nitrogens with one attached hydrogen (secondary N) is 2. The molecule has 2 aromatic heterocycles. The van der Waals surface area contributed by atoms with Gasteiger partial charge in [-0.1, -0.05) is 50.8 Å². The zero-order valence-electron chi connectivity index (χ0n) is 13.1. The Morgan fingerprint density at radius 2 is 2.09 bits per heavy atom. The topological polar surface area (TPSA) is 96.5 Å². The van der Waals surface area contributed by atoms with Gasteiger partial charge in [0.05, 0.1) is 5.75 Å². The van der Waals surface area contributed by atoms with Gasteiger partial charge in [0.25, 0.3) is 0 Å². The van der Waals surface area contributed by atoms with Crippen molar-refractivity contribution in [1.82, 2.24) is 25.4 Å². The summed E-state index contributed by atoms with van der Waals surface area (Å²) in [5, 5.41) is 19.8. The number of H-pyrrole nitrogens is 1. The minimum absolute atomic E-state index is 0.131. The van der Waals surface area contributed by atoms with Gasteiger partial charge in [-0.05, 0) is 5.92 Å². The Bertz CT molecular complexity index is 622. The van der Waals surface area contributed by atoms with Crippen LogP contribution < -0.4 is 5.32 Å². The third-order valence-corrected chi connectivity index (χ3v) is 4.37. The van der Waals surface area contributed by atoms with Crippen molar-refractivity contribution in [3.8, 4) is 0 Å². The molecule has 0 fully saturated rings. The number of aromatic nitrogens is 5. The van der Waals surface area contributed by atoms with Crippen molar-refractivity contribution in [2.45, 2.75) is 45.2 Å². The summed E-state index contributed by atoms with van der Waals surface area (Å²) in [6.45, 7) is 8.31. The Morgan fingerprint density at radius 3 is 2.73 bits per heavy atom. The van der Waals surface area contributed by atoms with Crippen molar-refractivity contribution < 1.29 is 4.79 Å². The molecule has 120 valence electrons. The van der Waals surface area contributed by atoms with E-state index < -0.39 is 0 Å². The molecule has 0 spiro atoms. The smallest absolute Gasteiger partial charge is 0.236 e. The van der Waals surface area contributed by atoms with Crippen LogP contribution in [-0.2, 0) is 11.2 Å². The first-order valence-electron chi connectivity index (χ1n) is 7.11. The number of carbonyl (C=O) groups excluding carboxylic acids is 1. The molecule has 22 heavy (non-hydrogen) atoms. The van der Waals surface area contributed by atoms with Gasteiger partial charge in [0.2, 0.25) is 16.2 Å². The minimum Gasteiger partial charge on any atom is -0.300 e. The molecule has 0 radical (unpaired) electrons. The van der Waals surface area contributed by atoms with Gasteiger partial charge in [-0.15, -0.1) is 15.3 Å². The van der Waals surface area contributed by atoms with Crippen LogP contribution in [0.5, 0.6) is 0 Å². The number of nitrogens with zero attached hydrogens (tertiary/aromatic N) is 4. The number of anilines is 1. The molecule has 2 rings (SSSR count). The van der Waals surface area contributed by atoms with Crippen LogP contribution in [0.1, 0.15) is 44.4 Å². The zero-order valence-corrected chi connectivity index (χ0v) is 14.7. The predicted molar refractivity (Wildman–Crippen MR) is 88.3 cm³/mol. The normalized spacial score (nSPS) is 11.4. The Labute approximate surface area is 137 Å². The van der Waals surface area contributed by atoms with Gasteiger partial charge < -0.3 is 0 Å². The van der Waals surface area contributed by atoms with E-state index in [1.165, 1.54) is 23.1 Å². The number of aromatic amines is 1. The number of hydrogen-bond donors (Lipinski definition) is 2. The summed E-state index contributed by atoms with van der Waals surface area (Å²) in [6.07, 6.45) is 0.872. The molecule has 2 aromatic rings. The molecule has 0 unspecified atom stereocenters. The average Bonchev–Trinajstić information content (AvgIpc) is 3.05. The number of amides is 1. The summed E-state index contributed by atoms with van der Waals surface area (Å²) in [5.41, 5.74) is 0. The van der Waals surface area contributed by atoms with Crippen LogP contribution in [0.2, 0.25) is 0 Å². The van der Waals surface area contributed by atoms with E-state index in [0.717, 1.165) is 17.3 Å². The molecule has 0 aliphatic heterocycles. The fraction of sp³-hybridized carbons (Fsp3) is 0.615. The third kappa shape index (κ3) is 5.06. The maximum atomic E-state index is 11.9. The number of carbonyl (C=O) groups is 1. The van der Waals surface area contributed by atoms with Crippen molar-refractivity contribution in [2.75, 3.05) is 11.1 Å². The molecule has 0 atom stereocenters. The lowest BCUT2D eigenvalue weighted by Gasteiger charge is -1.99. The van der Waals surface area contributed by atoms with Crippen molar-refractivity contribution in [2.24, 2.45) is 5.92 Å². The van der Waals surface area contributed by atoms with Crippen LogP contribution >= 0.6 is 23.1 Å².